The minimum absolute atomic E-state index is 0.270. The molecular weight excluding hydrogens is 226 g/mol. The molecular formula is C14H21N3O. The van der Waals surface area contributed by atoms with Crippen LogP contribution in [0.25, 0.3) is 0 Å². The third kappa shape index (κ3) is 3.53. The number of pyridine rings is 1. The molecule has 1 aliphatic rings. The van der Waals surface area contributed by atoms with Crippen molar-refractivity contribution in [1.82, 2.24) is 9.88 Å². The zero-order chi connectivity index (χ0) is 12.8. The number of aromatic nitrogens is 1. The maximum absolute atomic E-state index is 12.0. The van der Waals surface area contributed by atoms with E-state index in [0.29, 0.717) is 12.3 Å². The number of amides is 1. The van der Waals surface area contributed by atoms with E-state index in [4.69, 9.17) is 5.73 Å². The molecule has 1 aliphatic heterocycles. The molecule has 0 aromatic carbocycles. The molecule has 0 bridgehead atoms. The summed E-state index contributed by atoms with van der Waals surface area (Å²) >= 11 is 0. The molecule has 0 saturated carbocycles. The number of aryl methyl sites for hydroxylation is 1. The predicted octanol–water partition coefficient (Wildman–Crippen LogP) is 1.21. The van der Waals surface area contributed by atoms with Gasteiger partial charge in [0.15, 0.2) is 0 Å². The minimum atomic E-state index is 0.270. The molecule has 1 aromatic heterocycles. The number of nitrogens with two attached hydrogens (primary N) is 1. The number of likely N-dealkylation sites (tertiary alicyclic amines) is 1. The van der Waals surface area contributed by atoms with Crippen molar-refractivity contribution in [3.05, 3.63) is 30.1 Å². The van der Waals surface area contributed by atoms with Crippen LogP contribution in [-0.2, 0) is 11.2 Å². The highest BCUT2D eigenvalue weighted by molar-refractivity contribution is 5.76. The van der Waals surface area contributed by atoms with Crippen molar-refractivity contribution in [2.45, 2.75) is 25.7 Å². The van der Waals surface area contributed by atoms with Gasteiger partial charge in [-0.1, -0.05) is 0 Å². The van der Waals surface area contributed by atoms with Crippen LogP contribution >= 0.6 is 0 Å². The molecule has 18 heavy (non-hydrogen) atoms. The Hall–Kier alpha value is -1.42. The molecule has 98 valence electrons. The lowest BCUT2D eigenvalue weighted by Gasteiger charge is -2.16. The SMILES string of the molecule is NCCC1CCN(C(=O)CCc2ccncc2)C1. The Morgan fingerprint density at radius 3 is 2.94 bits per heavy atom. The molecule has 4 heteroatoms. The number of rotatable bonds is 5. The van der Waals surface area contributed by atoms with Crippen LogP contribution in [0.15, 0.2) is 24.5 Å². The van der Waals surface area contributed by atoms with Crippen molar-refractivity contribution in [3.8, 4) is 0 Å². The van der Waals surface area contributed by atoms with Crippen molar-refractivity contribution in [2.24, 2.45) is 11.7 Å². The summed E-state index contributed by atoms with van der Waals surface area (Å²) in [6.07, 6.45) is 7.09. The Balaban J connectivity index is 1.76. The molecule has 1 fully saturated rings. The first-order valence-corrected chi connectivity index (χ1v) is 6.66. The number of carbonyl (C=O) groups is 1. The van der Waals surface area contributed by atoms with Gasteiger partial charge >= 0.3 is 0 Å². The normalized spacial score (nSPS) is 19.2. The number of carbonyl (C=O) groups excluding carboxylic acids is 1. The van der Waals surface area contributed by atoms with Gasteiger partial charge in [0.2, 0.25) is 5.91 Å². The molecule has 1 saturated heterocycles. The second-order valence-corrected chi connectivity index (χ2v) is 4.93. The smallest absolute Gasteiger partial charge is 0.222 e. The van der Waals surface area contributed by atoms with Gasteiger partial charge in [0.05, 0.1) is 0 Å². The molecule has 0 radical (unpaired) electrons. The van der Waals surface area contributed by atoms with E-state index in [1.807, 2.05) is 17.0 Å². The fourth-order valence-electron chi connectivity index (χ4n) is 2.49. The van der Waals surface area contributed by atoms with Crippen molar-refractivity contribution in [1.29, 1.82) is 0 Å². The fourth-order valence-corrected chi connectivity index (χ4v) is 2.49. The largest absolute Gasteiger partial charge is 0.342 e. The summed E-state index contributed by atoms with van der Waals surface area (Å²) in [6.45, 7) is 2.52. The van der Waals surface area contributed by atoms with E-state index in [0.717, 1.165) is 38.9 Å². The van der Waals surface area contributed by atoms with Crippen LogP contribution in [0.3, 0.4) is 0 Å². The predicted molar refractivity (Wildman–Crippen MR) is 70.9 cm³/mol. The van der Waals surface area contributed by atoms with E-state index >= 15 is 0 Å². The van der Waals surface area contributed by atoms with E-state index in [-0.39, 0.29) is 5.91 Å². The third-order valence-electron chi connectivity index (χ3n) is 3.59. The van der Waals surface area contributed by atoms with Crippen LogP contribution < -0.4 is 5.73 Å². The maximum atomic E-state index is 12.0. The van der Waals surface area contributed by atoms with Crippen molar-refractivity contribution in [2.75, 3.05) is 19.6 Å². The summed E-state index contributed by atoms with van der Waals surface area (Å²) in [5, 5.41) is 0. The molecule has 2 heterocycles. The number of hydrogen-bond acceptors (Lipinski definition) is 3. The van der Waals surface area contributed by atoms with Gasteiger partial charge in [0.25, 0.3) is 0 Å². The maximum Gasteiger partial charge on any atom is 0.222 e. The van der Waals surface area contributed by atoms with Gasteiger partial charge in [-0.25, -0.2) is 0 Å². The molecule has 1 aromatic rings. The second-order valence-electron chi connectivity index (χ2n) is 4.93. The first kappa shape index (κ1) is 13.0. The summed E-state index contributed by atoms with van der Waals surface area (Å²) in [7, 11) is 0. The standard InChI is InChI=1S/C14H21N3O/c15-7-3-13-6-10-17(11-13)14(18)2-1-12-4-8-16-9-5-12/h4-5,8-9,13H,1-3,6-7,10-11,15H2. The van der Waals surface area contributed by atoms with E-state index in [1.165, 1.54) is 5.56 Å². The second kappa shape index (κ2) is 6.50. The molecule has 0 aliphatic carbocycles. The Morgan fingerprint density at radius 2 is 2.22 bits per heavy atom. The lowest BCUT2D eigenvalue weighted by molar-refractivity contribution is -0.130. The summed E-state index contributed by atoms with van der Waals surface area (Å²) in [4.78, 5) is 18.0. The van der Waals surface area contributed by atoms with Crippen molar-refractivity contribution in [3.63, 3.8) is 0 Å². The highest BCUT2D eigenvalue weighted by Crippen LogP contribution is 2.19. The summed E-state index contributed by atoms with van der Waals surface area (Å²) in [6, 6.07) is 3.93. The average Bonchev–Trinajstić information content (AvgIpc) is 2.86. The van der Waals surface area contributed by atoms with Gasteiger partial charge in [0, 0.05) is 31.9 Å². The lowest BCUT2D eigenvalue weighted by Crippen LogP contribution is -2.29. The highest BCUT2D eigenvalue weighted by atomic mass is 16.2. The van der Waals surface area contributed by atoms with E-state index in [2.05, 4.69) is 4.98 Å². The van der Waals surface area contributed by atoms with Crippen molar-refractivity contribution < 1.29 is 4.79 Å². The van der Waals surface area contributed by atoms with Crippen LogP contribution in [0.4, 0.5) is 0 Å². The van der Waals surface area contributed by atoms with Gasteiger partial charge in [-0.3, -0.25) is 9.78 Å². The Labute approximate surface area is 108 Å². The Morgan fingerprint density at radius 1 is 1.44 bits per heavy atom. The zero-order valence-corrected chi connectivity index (χ0v) is 10.7. The molecule has 2 N–H and O–H groups in total. The van der Waals surface area contributed by atoms with E-state index in [1.54, 1.807) is 12.4 Å². The summed E-state index contributed by atoms with van der Waals surface area (Å²) in [5.41, 5.74) is 6.73. The van der Waals surface area contributed by atoms with Gasteiger partial charge in [-0.15, -0.1) is 0 Å². The molecule has 1 atom stereocenters. The van der Waals surface area contributed by atoms with Crippen LogP contribution in [-0.4, -0.2) is 35.4 Å². The quantitative estimate of drug-likeness (QED) is 0.851. The zero-order valence-electron chi connectivity index (χ0n) is 10.7. The molecule has 1 amide bonds. The first-order valence-electron chi connectivity index (χ1n) is 6.66. The third-order valence-corrected chi connectivity index (χ3v) is 3.59. The van der Waals surface area contributed by atoms with Gasteiger partial charge < -0.3 is 10.6 Å². The molecule has 2 rings (SSSR count). The van der Waals surface area contributed by atoms with Crippen LogP contribution in [0.2, 0.25) is 0 Å². The monoisotopic (exact) mass is 247 g/mol. The van der Waals surface area contributed by atoms with E-state index < -0.39 is 0 Å². The molecule has 1 unspecified atom stereocenters. The summed E-state index contributed by atoms with van der Waals surface area (Å²) < 4.78 is 0. The average molecular weight is 247 g/mol. The van der Waals surface area contributed by atoms with Crippen molar-refractivity contribution >= 4 is 5.91 Å². The lowest BCUT2D eigenvalue weighted by atomic mass is 10.1. The molecule has 0 spiro atoms. The minimum Gasteiger partial charge on any atom is -0.342 e. The van der Waals surface area contributed by atoms with Crippen LogP contribution in [0.1, 0.15) is 24.8 Å². The first-order chi connectivity index (χ1) is 8.79. The Bertz CT molecular complexity index is 380. The highest BCUT2D eigenvalue weighted by Gasteiger charge is 2.24. The van der Waals surface area contributed by atoms with Crippen LogP contribution in [0.5, 0.6) is 0 Å². The molecule has 4 nitrogen and oxygen atoms in total. The Kier molecular flexibility index (Phi) is 4.70. The van der Waals surface area contributed by atoms with Gasteiger partial charge in [-0.2, -0.15) is 0 Å². The topological polar surface area (TPSA) is 59.2 Å². The fraction of sp³-hybridized carbons (Fsp3) is 0.571. The van der Waals surface area contributed by atoms with Crippen LogP contribution in [0, 0.1) is 5.92 Å². The van der Waals surface area contributed by atoms with Gasteiger partial charge in [-0.05, 0) is 49.4 Å². The van der Waals surface area contributed by atoms with Gasteiger partial charge in [0.1, 0.15) is 0 Å². The summed E-state index contributed by atoms with van der Waals surface area (Å²) in [5.74, 6) is 0.881. The number of hydrogen-bond donors (Lipinski definition) is 1. The van der Waals surface area contributed by atoms with E-state index in [9.17, 15) is 4.79 Å². The number of nitrogens with zero attached hydrogens (tertiary/aromatic N) is 2.